The van der Waals surface area contributed by atoms with Gasteiger partial charge in [-0.2, -0.15) is 9.28 Å². The zero-order chi connectivity index (χ0) is 29.6. The maximum absolute atomic E-state index is 13.2. The quantitative estimate of drug-likeness (QED) is 0.0955. The zero-order valence-electron chi connectivity index (χ0n) is 21.3. The summed E-state index contributed by atoms with van der Waals surface area (Å²) in [6.45, 7) is 5.02. The van der Waals surface area contributed by atoms with Gasteiger partial charge in [-0.1, -0.05) is 12.1 Å². The van der Waals surface area contributed by atoms with E-state index in [1.807, 2.05) is 0 Å². The van der Waals surface area contributed by atoms with Gasteiger partial charge in [-0.3, -0.25) is 13.9 Å². The van der Waals surface area contributed by atoms with Crippen molar-refractivity contribution in [3.05, 3.63) is 29.8 Å². The van der Waals surface area contributed by atoms with Gasteiger partial charge in [0.15, 0.2) is 0 Å². The summed E-state index contributed by atoms with van der Waals surface area (Å²) in [5.74, 6) is -0.472. The number of nitrogens with two attached hydrogens (primary N) is 1. The number of aliphatic hydroxyl groups is 1. The first-order chi connectivity index (χ1) is 17.2. The molecule has 17 heteroatoms. The molecular weight excluding hydrogens is 587 g/mol. The van der Waals surface area contributed by atoms with Gasteiger partial charge in [0.2, 0.25) is 5.91 Å². The van der Waals surface area contributed by atoms with E-state index in [-0.39, 0.29) is 35.8 Å². The van der Waals surface area contributed by atoms with Crippen LogP contribution in [0.2, 0.25) is 0 Å². The topological polar surface area (TPSA) is 217 Å². The molecule has 218 valence electrons. The Labute approximate surface area is 231 Å². The van der Waals surface area contributed by atoms with Gasteiger partial charge in [-0.05, 0) is 32.8 Å². The third-order valence-corrected chi connectivity index (χ3v) is 9.81. The lowest BCUT2D eigenvalue weighted by Crippen LogP contribution is -2.58. The summed E-state index contributed by atoms with van der Waals surface area (Å²) >= 11 is 12.0. The summed E-state index contributed by atoms with van der Waals surface area (Å²) in [7, 11) is -11.3. The van der Waals surface area contributed by atoms with Crippen LogP contribution < -0.4 is 15.5 Å². The molecule has 0 fully saturated rings. The van der Waals surface area contributed by atoms with Crippen molar-refractivity contribution in [3.63, 3.8) is 0 Å². The molecule has 0 heterocycles. The van der Waals surface area contributed by atoms with Crippen LogP contribution in [0.1, 0.15) is 32.8 Å². The van der Waals surface area contributed by atoms with Crippen LogP contribution in [0.4, 0.5) is 10.5 Å². The molecule has 1 atom stereocenters. The number of hydrogen-bond acceptors (Lipinski definition) is 7. The summed E-state index contributed by atoms with van der Waals surface area (Å²) in [5.41, 5.74) is 6.34. The van der Waals surface area contributed by atoms with E-state index in [1.54, 1.807) is 45.0 Å². The second kappa shape index (κ2) is 13.5. The van der Waals surface area contributed by atoms with Crippen LogP contribution in [0.25, 0.3) is 0 Å². The van der Waals surface area contributed by atoms with Crippen LogP contribution in [0, 0.1) is 0 Å². The van der Waals surface area contributed by atoms with E-state index >= 15 is 0 Å². The molecular formula is C21H36Cl2N3O10P2+. The maximum atomic E-state index is 13.2. The number of ether oxygens (including phenoxy) is 1. The third kappa shape index (κ3) is 8.97. The van der Waals surface area contributed by atoms with Crippen LogP contribution in [-0.2, 0) is 25.1 Å². The molecule has 1 aromatic carbocycles. The lowest BCUT2D eigenvalue weighted by molar-refractivity contribution is -0.122. The minimum Gasteiger partial charge on any atom is -0.414 e. The third-order valence-electron chi connectivity index (χ3n) is 5.59. The standard InChI is InChI=1S/C21H35Cl2N3O10P2/c1-20(2,3)36-19(28)26(12-9-22,13-10-23)16-6-4-15(5-7-16)14-17(24)18(27)25-11-8-21(29,37(30,31)32)38(33,34)35/h4-7,17,29H,8-14,24H2,1-3H3,(H4-,25,27,30,31,32,33,34,35)/p+1/t17-/m0/s1. The summed E-state index contributed by atoms with van der Waals surface area (Å²) in [6.07, 6.45) is -1.61. The predicted molar refractivity (Wildman–Crippen MR) is 144 cm³/mol. The van der Waals surface area contributed by atoms with E-state index in [0.29, 0.717) is 11.3 Å². The molecule has 2 amide bonds. The first-order valence-electron chi connectivity index (χ1n) is 11.4. The van der Waals surface area contributed by atoms with E-state index in [0.717, 1.165) is 0 Å². The highest BCUT2D eigenvalue weighted by molar-refractivity contribution is 7.72. The Balaban J connectivity index is 2.99. The largest absolute Gasteiger partial charge is 0.521 e. The Morgan fingerprint density at radius 2 is 1.50 bits per heavy atom. The summed E-state index contributed by atoms with van der Waals surface area (Å²) in [4.78, 5) is 62.2. The van der Waals surface area contributed by atoms with Gasteiger partial charge in [0, 0.05) is 25.1 Å². The molecule has 0 aliphatic heterocycles. The van der Waals surface area contributed by atoms with E-state index in [2.05, 4.69) is 5.32 Å². The molecule has 1 rings (SSSR count). The van der Waals surface area contributed by atoms with Crippen molar-refractivity contribution in [3.8, 4) is 0 Å². The molecule has 0 saturated heterocycles. The van der Waals surface area contributed by atoms with Crippen LogP contribution in [0.15, 0.2) is 24.3 Å². The number of nitrogens with one attached hydrogen (secondary N) is 1. The highest BCUT2D eigenvalue weighted by Crippen LogP contribution is 2.68. The highest BCUT2D eigenvalue weighted by atomic mass is 35.5. The number of carbonyl (C=O) groups excluding carboxylic acids is 2. The van der Waals surface area contributed by atoms with Gasteiger partial charge in [-0.15, -0.1) is 23.2 Å². The lowest BCUT2D eigenvalue weighted by Gasteiger charge is -2.35. The number of nitrogens with zero attached hydrogens (tertiary/aromatic N) is 1. The van der Waals surface area contributed by atoms with E-state index in [1.165, 1.54) is 0 Å². The second-order valence-corrected chi connectivity index (χ2v) is 14.4. The summed E-state index contributed by atoms with van der Waals surface area (Å²) < 4.78 is 28.2. The second-order valence-electron chi connectivity index (χ2n) is 9.65. The highest BCUT2D eigenvalue weighted by Gasteiger charge is 2.58. The normalized spacial score (nSPS) is 14.2. The number of halogens is 2. The summed E-state index contributed by atoms with van der Waals surface area (Å²) in [5, 5.41) is 8.44. The van der Waals surface area contributed by atoms with E-state index in [9.17, 15) is 23.8 Å². The first kappa shape index (κ1) is 34.9. The predicted octanol–water partition coefficient (Wildman–Crippen LogP) is 1.78. The van der Waals surface area contributed by atoms with Gasteiger partial charge in [-0.25, -0.2) is 0 Å². The van der Waals surface area contributed by atoms with Gasteiger partial charge in [0.1, 0.15) is 24.4 Å². The monoisotopic (exact) mass is 622 g/mol. The molecule has 1 aromatic rings. The smallest absolute Gasteiger partial charge is 0.414 e. The number of amides is 2. The molecule has 0 radical (unpaired) electrons. The number of quaternary nitrogens is 1. The van der Waals surface area contributed by atoms with Crippen LogP contribution >= 0.6 is 38.4 Å². The van der Waals surface area contributed by atoms with Crippen molar-refractivity contribution in [2.45, 2.75) is 50.3 Å². The molecule has 0 saturated carbocycles. The fraction of sp³-hybridized carbons (Fsp3) is 0.619. The number of alkyl halides is 2. The average Bonchev–Trinajstić information content (AvgIpc) is 2.76. The molecule has 0 aliphatic rings. The van der Waals surface area contributed by atoms with Gasteiger partial charge in [0.25, 0.3) is 5.08 Å². The Bertz CT molecular complexity index is 1030. The van der Waals surface area contributed by atoms with Gasteiger partial charge < -0.3 is 40.5 Å². The molecule has 0 aliphatic carbocycles. The average molecular weight is 623 g/mol. The summed E-state index contributed by atoms with van der Waals surface area (Å²) in [6, 6.07) is 5.51. The molecule has 0 aromatic heterocycles. The van der Waals surface area contributed by atoms with Crippen LogP contribution in [0.5, 0.6) is 0 Å². The van der Waals surface area contributed by atoms with Gasteiger partial charge >= 0.3 is 21.3 Å². The van der Waals surface area contributed by atoms with Crippen molar-refractivity contribution in [2.75, 3.05) is 31.4 Å². The molecule has 38 heavy (non-hydrogen) atoms. The fourth-order valence-electron chi connectivity index (χ4n) is 3.51. The fourth-order valence-corrected chi connectivity index (χ4v) is 6.25. The Morgan fingerprint density at radius 3 is 1.89 bits per heavy atom. The van der Waals surface area contributed by atoms with E-state index < -0.39 is 56.9 Å². The minimum atomic E-state index is -5.64. The maximum Gasteiger partial charge on any atom is 0.521 e. The first-order valence-corrected chi connectivity index (χ1v) is 15.7. The number of benzene rings is 1. The van der Waals surface area contributed by atoms with Crippen molar-refractivity contribution in [1.29, 1.82) is 0 Å². The van der Waals surface area contributed by atoms with Crippen LogP contribution in [0.3, 0.4) is 0 Å². The lowest BCUT2D eigenvalue weighted by atomic mass is 10.0. The number of carbonyl (C=O) groups is 2. The Morgan fingerprint density at radius 1 is 1.03 bits per heavy atom. The molecule has 13 nitrogen and oxygen atoms in total. The Hall–Kier alpha value is -1.08. The number of rotatable bonds is 13. The van der Waals surface area contributed by atoms with Crippen LogP contribution in [-0.4, -0.2) is 84.8 Å². The van der Waals surface area contributed by atoms with E-state index in [4.69, 9.17) is 53.2 Å². The zero-order valence-corrected chi connectivity index (χ0v) is 24.6. The van der Waals surface area contributed by atoms with Gasteiger partial charge in [0.05, 0.1) is 17.8 Å². The van der Waals surface area contributed by atoms with Crippen molar-refractivity contribution in [2.24, 2.45) is 5.73 Å². The molecule has 0 bridgehead atoms. The Kier molecular flexibility index (Phi) is 12.4. The number of hydrogen-bond donors (Lipinski definition) is 7. The van der Waals surface area contributed by atoms with Crippen molar-refractivity contribution in [1.82, 2.24) is 9.80 Å². The SMILES string of the molecule is CC(C)(C)OC(=O)[N+](CCCl)(CCCl)c1ccc(C[C@H](N)C(=O)NCCC(O)(P(=O)(O)O)P(=O)(O)O)cc1. The molecule has 8 N–H and O–H groups in total. The van der Waals surface area contributed by atoms with Crippen molar-refractivity contribution >= 4 is 56.1 Å². The molecule has 0 spiro atoms. The minimum absolute atomic E-state index is 0.0187. The molecule has 0 unspecified atom stereocenters. The van der Waals surface area contributed by atoms with Crippen molar-refractivity contribution < 1.29 is 48.1 Å².